The molecule has 1 aliphatic rings. The van der Waals surface area contributed by atoms with E-state index in [0.717, 1.165) is 0 Å². The third-order valence-electron chi connectivity index (χ3n) is 4.37. The van der Waals surface area contributed by atoms with Gasteiger partial charge in [-0.2, -0.15) is 65.9 Å². The molecule has 0 bridgehead atoms. The van der Waals surface area contributed by atoms with Gasteiger partial charge in [0.1, 0.15) is 24.4 Å². The van der Waals surface area contributed by atoms with Crippen LogP contribution in [-0.2, 0) is 18.9 Å². The second-order valence-electron chi connectivity index (χ2n) is 7.14. The van der Waals surface area contributed by atoms with Crippen LogP contribution in [0.25, 0.3) is 0 Å². The van der Waals surface area contributed by atoms with Gasteiger partial charge in [0.25, 0.3) is 6.36 Å². The molecule has 0 aliphatic carbocycles. The molecule has 0 saturated carbocycles. The van der Waals surface area contributed by atoms with Gasteiger partial charge in [-0.25, -0.2) is 4.39 Å². The van der Waals surface area contributed by atoms with Crippen LogP contribution in [-0.4, -0.2) is 107 Å². The van der Waals surface area contributed by atoms with Crippen molar-refractivity contribution in [3.63, 3.8) is 0 Å². The Balaban J connectivity index is 3.18. The lowest BCUT2D eigenvalue weighted by Crippen LogP contribution is -2.66. The Morgan fingerprint density at radius 2 is 1.13 bits per heavy atom. The summed E-state index contributed by atoms with van der Waals surface area (Å²) in [6.07, 6.45) is -54.2. The minimum atomic E-state index is -7.86. The summed E-state index contributed by atoms with van der Waals surface area (Å²) >= 11 is 0. The van der Waals surface area contributed by atoms with E-state index >= 15 is 0 Å². The van der Waals surface area contributed by atoms with Crippen molar-refractivity contribution in [1.29, 1.82) is 0 Å². The van der Waals surface area contributed by atoms with Gasteiger partial charge in [0.05, 0.1) is 6.61 Å². The molecule has 1 saturated heterocycles. The predicted octanol–water partition coefficient (Wildman–Crippen LogP) is 2.34. The van der Waals surface area contributed by atoms with Crippen LogP contribution >= 0.6 is 0 Å². The van der Waals surface area contributed by atoms with Crippen LogP contribution in [0.3, 0.4) is 0 Å². The van der Waals surface area contributed by atoms with Crippen molar-refractivity contribution in [2.45, 2.75) is 79.5 Å². The summed E-state index contributed by atoms with van der Waals surface area (Å²) in [7, 11) is 0. The van der Waals surface area contributed by atoms with Gasteiger partial charge in [0.15, 0.2) is 6.29 Å². The van der Waals surface area contributed by atoms with Crippen molar-refractivity contribution in [1.82, 2.24) is 0 Å². The molecule has 38 heavy (non-hydrogen) atoms. The molecule has 0 amide bonds. The molecule has 3 unspecified atom stereocenters. The van der Waals surface area contributed by atoms with Crippen molar-refractivity contribution in [3.8, 4) is 0 Å². The average Bonchev–Trinajstić information content (AvgIpc) is 2.71. The van der Waals surface area contributed by atoms with Gasteiger partial charge in [0, 0.05) is 0 Å². The zero-order valence-electron chi connectivity index (χ0n) is 17.1. The second-order valence-corrected chi connectivity index (χ2v) is 7.14. The summed E-state index contributed by atoms with van der Waals surface area (Å²) < 4.78 is 219. The number of rotatable bonds is 10. The zero-order chi connectivity index (χ0) is 30.5. The van der Waals surface area contributed by atoms with Gasteiger partial charge in [0.2, 0.25) is 0 Å². The van der Waals surface area contributed by atoms with Crippen LogP contribution < -0.4 is 0 Å². The van der Waals surface area contributed by atoms with Crippen LogP contribution in [0.2, 0.25) is 0 Å². The first kappa shape index (κ1) is 34.6. The third kappa shape index (κ3) is 6.47. The van der Waals surface area contributed by atoms with Crippen molar-refractivity contribution < 1.29 is 110 Å². The van der Waals surface area contributed by atoms with E-state index in [0.29, 0.717) is 0 Å². The van der Waals surface area contributed by atoms with E-state index in [9.17, 15) is 80.5 Å². The second kappa shape index (κ2) is 10.5. The fourth-order valence-corrected chi connectivity index (χ4v) is 2.29. The summed E-state index contributed by atoms with van der Waals surface area (Å²) in [5.74, 6) is -15.7. The highest BCUT2D eigenvalue weighted by atomic mass is 19.4. The van der Waals surface area contributed by atoms with Crippen LogP contribution in [0.15, 0.2) is 0 Å². The quantitative estimate of drug-likeness (QED) is 0.278. The summed E-state index contributed by atoms with van der Waals surface area (Å²) in [5.41, 5.74) is 0. The SMILES string of the molecule is OC1O[C@H](COC(F)(F)C(F)OC(F)(F)C(F)(OC(F)(F)C(F)(F)C(F)(F)F)C(F)(F)F)[C@H](O)[C@H](O)[C@H]1O. The van der Waals surface area contributed by atoms with Gasteiger partial charge < -0.3 is 29.9 Å². The van der Waals surface area contributed by atoms with Crippen LogP contribution in [0.1, 0.15) is 0 Å². The molecule has 1 aliphatic heterocycles. The molecule has 0 aromatic heterocycles. The van der Waals surface area contributed by atoms with E-state index in [1.54, 1.807) is 0 Å². The Hall–Kier alpha value is -1.44. The standard InChI is InChI=1S/C14H12F16O8/c15-7(8(16,17)35-1-2-3(31)4(32)5(33)6(34)36-2)37-14(29,30)10(20,12(24,25)26)38-13(27,28)9(18,19)11(21,22)23/h2-7,31-34H,1H2/t2-,3+,4+,5-,6?,7?,10?/m1/s1. The van der Waals surface area contributed by atoms with Crippen molar-refractivity contribution in [2.75, 3.05) is 6.61 Å². The Labute approximate surface area is 197 Å². The number of hydrogen-bond donors (Lipinski definition) is 4. The lowest BCUT2D eigenvalue weighted by molar-refractivity contribution is -0.545. The Morgan fingerprint density at radius 1 is 0.658 bits per heavy atom. The highest BCUT2D eigenvalue weighted by Gasteiger charge is 2.84. The minimum absolute atomic E-state index is 1.41. The van der Waals surface area contributed by atoms with Gasteiger partial charge in [-0.05, 0) is 0 Å². The van der Waals surface area contributed by atoms with E-state index in [2.05, 4.69) is 14.2 Å². The number of aliphatic hydroxyl groups is 4. The number of halogens is 16. The molecule has 4 N–H and O–H groups in total. The molecule has 24 heteroatoms. The summed E-state index contributed by atoms with van der Waals surface area (Å²) in [6, 6.07) is 0. The van der Waals surface area contributed by atoms with E-state index in [-0.39, 0.29) is 0 Å². The zero-order valence-corrected chi connectivity index (χ0v) is 17.1. The fraction of sp³-hybridized carbons (Fsp3) is 1.00. The average molecular weight is 612 g/mol. The first-order valence-electron chi connectivity index (χ1n) is 8.93. The monoisotopic (exact) mass is 612 g/mol. The molecule has 0 aromatic carbocycles. The maximum atomic E-state index is 13.9. The van der Waals surface area contributed by atoms with Gasteiger partial charge in [-0.3, -0.25) is 9.47 Å². The fourth-order valence-electron chi connectivity index (χ4n) is 2.29. The molecule has 1 fully saturated rings. The molecule has 0 radical (unpaired) electrons. The summed E-state index contributed by atoms with van der Waals surface area (Å²) in [4.78, 5) is 0. The smallest absolute Gasteiger partial charge is 0.387 e. The molecular weight excluding hydrogens is 600 g/mol. The van der Waals surface area contributed by atoms with Crippen LogP contribution in [0.5, 0.6) is 0 Å². The van der Waals surface area contributed by atoms with E-state index in [4.69, 9.17) is 10.2 Å². The number of aliphatic hydroxyl groups excluding tert-OH is 4. The molecule has 228 valence electrons. The maximum Gasteiger partial charge on any atom is 0.462 e. The topological polar surface area (TPSA) is 118 Å². The van der Waals surface area contributed by atoms with Crippen molar-refractivity contribution in [3.05, 3.63) is 0 Å². The lowest BCUT2D eigenvalue weighted by Gasteiger charge is -2.39. The number of alkyl halides is 16. The molecule has 1 heterocycles. The molecule has 1 rings (SSSR count). The maximum absolute atomic E-state index is 13.9. The Morgan fingerprint density at radius 3 is 1.55 bits per heavy atom. The van der Waals surface area contributed by atoms with E-state index < -0.39 is 86.1 Å². The third-order valence-corrected chi connectivity index (χ3v) is 4.37. The number of hydrogen-bond acceptors (Lipinski definition) is 8. The highest BCUT2D eigenvalue weighted by Crippen LogP contribution is 2.55. The van der Waals surface area contributed by atoms with Gasteiger partial charge in [-0.1, -0.05) is 0 Å². The predicted molar refractivity (Wildman–Crippen MR) is 77.7 cm³/mol. The Kier molecular flexibility index (Phi) is 9.57. The van der Waals surface area contributed by atoms with E-state index in [1.165, 1.54) is 4.74 Å². The first-order valence-corrected chi connectivity index (χ1v) is 8.93. The molecule has 7 atom stereocenters. The largest absolute Gasteiger partial charge is 0.462 e. The molecule has 8 nitrogen and oxygen atoms in total. The van der Waals surface area contributed by atoms with Crippen molar-refractivity contribution >= 4 is 0 Å². The Bertz CT molecular complexity index is 806. The van der Waals surface area contributed by atoms with Gasteiger partial charge >= 0.3 is 42.5 Å². The van der Waals surface area contributed by atoms with Gasteiger partial charge in [-0.15, -0.1) is 0 Å². The molecule has 0 spiro atoms. The number of ether oxygens (including phenoxy) is 4. The highest BCUT2D eigenvalue weighted by molar-refractivity contribution is 4.94. The molecular formula is C14H12F16O8. The lowest BCUT2D eigenvalue weighted by atomic mass is 9.99. The summed E-state index contributed by atoms with van der Waals surface area (Å²) in [6.45, 7) is -2.00. The molecule has 0 aromatic rings. The minimum Gasteiger partial charge on any atom is -0.387 e. The normalized spacial score (nSPS) is 29.2. The van der Waals surface area contributed by atoms with E-state index in [1.807, 2.05) is 0 Å². The van der Waals surface area contributed by atoms with Crippen LogP contribution in [0.4, 0.5) is 70.2 Å². The van der Waals surface area contributed by atoms with Crippen LogP contribution in [0, 0.1) is 0 Å². The van der Waals surface area contributed by atoms with Crippen molar-refractivity contribution in [2.24, 2.45) is 0 Å². The first-order chi connectivity index (χ1) is 16.6. The summed E-state index contributed by atoms with van der Waals surface area (Å²) in [5, 5.41) is 37.1.